The molecule has 5 heteroatoms. The molecule has 2 N–H and O–H groups in total. The van der Waals surface area contributed by atoms with Gasteiger partial charge in [0.2, 0.25) is 5.91 Å². The molecule has 0 spiro atoms. The summed E-state index contributed by atoms with van der Waals surface area (Å²) in [5.41, 5.74) is 0.997. The lowest BCUT2D eigenvalue weighted by atomic mass is 9.80. The van der Waals surface area contributed by atoms with Gasteiger partial charge in [0.1, 0.15) is 0 Å². The third-order valence-electron chi connectivity index (χ3n) is 3.07. The average molecular weight is 237 g/mol. The summed E-state index contributed by atoms with van der Waals surface area (Å²) in [4.78, 5) is 22.1. The minimum absolute atomic E-state index is 0.0277. The van der Waals surface area contributed by atoms with Crippen molar-refractivity contribution in [2.45, 2.75) is 31.7 Å². The molecule has 1 fully saturated rings. The molecule has 1 saturated carbocycles. The van der Waals surface area contributed by atoms with E-state index >= 15 is 0 Å². The summed E-state index contributed by atoms with van der Waals surface area (Å²) < 4.78 is 4.90. The van der Waals surface area contributed by atoms with Crippen molar-refractivity contribution in [3.8, 4) is 0 Å². The first kappa shape index (κ1) is 11.7. The first-order chi connectivity index (χ1) is 8.15. The minimum Gasteiger partial charge on any atom is -0.481 e. The molecule has 0 atom stereocenters. The van der Waals surface area contributed by atoms with E-state index in [0.29, 0.717) is 25.7 Å². The smallest absolute Gasteiger partial charge is 0.306 e. The summed E-state index contributed by atoms with van der Waals surface area (Å²) in [7, 11) is 0. The number of aryl methyl sites for hydroxylation is 1. The van der Waals surface area contributed by atoms with Gasteiger partial charge in [0.15, 0.2) is 0 Å². The Balaban J connectivity index is 1.64. The van der Waals surface area contributed by atoms with Gasteiger partial charge in [-0.1, -0.05) is 0 Å². The zero-order valence-corrected chi connectivity index (χ0v) is 9.39. The van der Waals surface area contributed by atoms with Gasteiger partial charge in [-0.15, -0.1) is 0 Å². The summed E-state index contributed by atoms with van der Waals surface area (Å²) in [6.07, 6.45) is 5.36. The Morgan fingerprint density at radius 1 is 1.47 bits per heavy atom. The van der Waals surface area contributed by atoms with E-state index in [1.807, 2.05) is 6.07 Å². The van der Waals surface area contributed by atoms with Crippen molar-refractivity contribution in [2.24, 2.45) is 5.92 Å². The number of hydrogen-bond acceptors (Lipinski definition) is 3. The van der Waals surface area contributed by atoms with Gasteiger partial charge in [0.25, 0.3) is 0 Å². The monoisotopic (exact) mass is 237 g/mol. The van der Waals surface area contributed by atoms with Crippen molar-refractivity contribution in [3.63, 3.8) is 0 Å². The average Bonchev–Trinajstić information content (AvgIpc) is 2.72. The Morgan fingerprint density at radius 2 is 2.24 bits per heavy atom. The summed E-state index contributed by atoms with van der Waals surface area (Å²) in [5, 5.41) is 11.5. The highest BCUT2D eigenvalue weighted by Gasteiger charge is 2.34. The maximum Gasteiger partial charge on any atom is 0.306 e. The molecular weight excluding hydrogens is 222 g/mol. The second kappa shape index (κ2) is 5.03. The third kappa shape index (κ3) is 3.09. The van der Waals surface area contributed by atoms with Crippen molar-refractivity contribution in [3.05, 3.63) is 24.2 Å². The molecule has 0 radical (unpaired) electrons. The Hall–Kier alpha value is -1.78. The fourth-order valence-electron chi connectivity index (χ4n) is 1.93. The van der Waals surface area contributed by atoms with E-state index in [-0.39, 0.29) is 17.9 Å². The molecule has 1 aromatic heterocycles. The Morgan fingerprint density at radius 3 is 2.82 bits per heavy atom. The predicted molar refractivity (Wildman–Crippen MR) is 59.3 cm³/mol. The molecule has 92 valence electrons. The van der Waals surface area contributed by atoms with Crippen LogP contribution in [-0.4, -0.2) is 23.0 Å². The summed E-state index contributed by atoms with van der Waals surface area (Å²) in [6.45, 7) is 0. The minimum atomic E-state index is -0.770. The lowest BCUT2D eigenvalue weighted by Gasteiger charge is -2.32. The van der Waals surface area contributed by atoms with Crippen molar-refractivity contribution < 1.29 is 19.1 Å². The SMILES string of the molecule is O=C(CCc1ccoc1)NC1CC(C(=O)O)C1. The number of nitrogens with one attached hydrogen (secondary N) is 1. The molecule has 5 nitrogen and oxygen atoms in total. The molecule has 1 aromatic rings. The number of amides is 1. The first-order valence-corrected chi connectivity index (χ1v) is 5.68. The van der Waals surface area contributed by atoms with Crippen LogP contribution >= 0.6 is 0 Å². The molecule has 1 heterocycles. The fourth-order valence-corrected chi connectivity index (χ4v) is 1.93. The van der Waals surface area contributed by atoms with Crippen LogP contribution in [0.1, 0.15) is 24.8 Å². The molecule has 1 aliphatic rings. The van der Waals surface area contributed by atoms with Gasteiger partial charge in [0.05, 0.1) is 18.4 Å². The van der Waals surface area contributed by atoms with Crippen LogP contribution in [0.3, 0.4) is 0 Å². The van der Waals surface area contributed by atoms with Gasteiger partial charge in [-0.25, -0.2) is 0 Å². The second-order valence-corrected chi connectivity index (χ2v) is 4.40. The normalized spacial score (nSPS) is 22.8. The van der Waals surface area contributed by atoms with Gasteiger partial charge < -0.3 is 14.8 Å². The number of carboxylic acid groups (broad SMARTS) is 1. The topological polar surface area (TPSA) is 79.5 Å². The molecule has 0 saturated heterocycles. The van der Waals surface area contributed by atoms with E-state index in [1.165, 1.54) is 0 Å². The van der Waals surface area contributed by atoms with Gasteiger partial charge in [0, 0.05) is 12.5 Å². The van der Waals surface area contributed by atoms with Crippen molar-refractivity contribution in [1.29, 1.82) is 0 Å². The number of aliphatic carboxylic acids is 1. The van der Waals surface area contributed by atoms with Crippen LogP contribution in [0.15, 0.2) is 23.0 Å². The van der Waals surface area contributed by atoms with E-state index in [0.717, 1.165) is 5.56 Å². The number of hydrogen-bond donors (Lipinski definition) is 2. The predicted octanol–water partition coefficient (Wildman–Crippen LogP) is 1.19. The highest BCUT2D eigenvalue weighted by atomic mass is 16.4. The number of carboxylic acids is 1. The van der Waals surface area contributed by atoms with Gasteiger partial charge >= 0.3 is 5.97 Å². The standard InChI is InChI=1S/C12H15NO4/c14-11(2-1-8-3-4-17-7-8)13-10-5-9(6-10)12(15)16/h3-4,7,9-10H,1-2,5-6H2,(H,13,14)(H,15,16). The zero-order chi connectivity index (χ0) is 12.3. The van der Waals surface area contributed by atoms with Crippen LogP contribution in [0, 0.1) is 5.92 Å². The lowest BCUT2D eigenvalue weighted by molar-refractivity contribution is -0.146. The zero-order valence-electron chi connectivity index (χ0n) is 9.39. The van der Waals surface area contributed by atoms with E-state index in [1.54, 1.807) is 12.5 Å². The van der Waals surface area contributed by atoms with Crippen LogP contribution in [-0.2, 0) is 16.0 Å². The highest BCUT2D eigenvalue weighted by molar-refractivity contribution is 5.77. The van der Waals surface area contributed by atoms with Gasteiger partial charge in [-0.05, 0) is 30.9 Å². The van der Waals surface area contributed by atoms with Crippen molar-refractivity contribution in [1.82, 2.24) is 5.32 Å². The lowest BCUT2D eigenvalue weighted by Crippen LogP contribution is -2.46. The fraction of sp³-hybridized carbons (Fsp3) is 0.500. The maximum atomic E-state index is 11.5. The van der Waals surface area contributed by atoms with E-state index < -0.39 is 5.97 Å². The number of rotatable bonds is 5. The molecular formula is C12H15NO4. The summed E-state index contributed by atoms with van der Waals surface area (Å²) >= 11 is 0. The first-order valence-electron chi connectivity index (χ1n) is 5.68. The van der Waals surface area contributed by atoms with E-state index in [4.69, 9.17) is 9.52 Å². The molecule has 0 unspecified atom stereocenters. The Kier molecular flexibility index (Phi) is 3.46. The van der Waals surface area contributed by atoms with Crippen LogP contribution in [0.5, 0.6) is 0 Å². The highest BCUT2D eigenvalue weighted by Crippen LogP contribution is 2.27. The summed E-state index contributed by atoms with van der Waals surface area (Å²) in [6, 6.07) is 1.87. The quantitative estimate of drug-likeness (QED) is 0.806. The molecule has 0 aromatic carbocycles. The number of carbonyl (C=O) groups is 2. The van der Waals surface area contributed by atoms with E-state index in [9.17, 15) is 9.59 Å². The molecule has 0 aliphatic heterocycles. The van der Waals surface area contributed by atoms with Gasteiger partial charge in [-0.3, -0.25) is 9.59 Å². The van der Waals surface area contributed by atoms with Crippen molar-refractivity contribution >= 4 is 11.9 Å². The third-order valence-corrected chi connectivity index (χ3v) is 3.07. The Bertz CT molecular complexity index is 393. The van der Waals surface area contributed by atoms with Crippen LogP contribution in [0.2, 0.25) is 0 Å². The number of furan rings is 1. The molecule has 17 heavy (non-hydrogen) atoms. The van der Waals surface area contributed by atoms with Crippen molar-refractivity contribution in [2.75, 3.05) is 0 Å². The Labute approximate surface area is 98.8 Å². The molecule has 1 aliphatic carbocycles. The molecule has 2 rings (SSSR count). The molecule has 1 amide bonds. The maximum absolute atomic E-state index is 11.5. The van der Waals surface area contributed by atoms with E-state index in [2.05, 4.69) is 5.32 Å². The molecule has 0 bridgehead atoms. The largest absolute Gasteiger partial charge is 0.481 e. The van der Waals surface area contributed by atoms with Crippen LogP contribution < -0.4 is 5.32 Å². The van der Waals surface area contributed by atoms with Crippen LogP contribution in [0.25, 0.3) is 0 Å². The van der Waals surface area contributed by atoms with Crippen LogP contribution in [0.4, 0.5) is 0 Å². The number of carbonyl (C=O) groups excluding carboxylic acids is 1. The van der Waals surface area contributed by atoms with Gasteiger partial charge in [-0.2, -0.15) is 0 Å². The second-order valence-electron chi connectivity index (χ2n) is 4.40. The summed E-state index contributed by atoms with van der Waals surface area (Å²) in [5.74, 6) is -1.08.